The number of non-ortho nitro benzene ring substituents is 1. The number of aryl methyl sites for hydroxylation is 1. The number of amides is 1. The first kappa shape index (κ1) is 19.3. The van der Waals surface area contributed by atoms with E-state index >= 15 is 0 Å². The zero-order valence-electron chi connectivity index (χ0n) is 13.0. The van der Waals surface area contributed by atoms with Gasteiger partial charge in [-0.15, -0.1) is 0 Å². The summed E-state index contributed by atoms with van der Waals surface area (Å²) in [6.45, 7) is 1.85. The van der Waals surface area contributed by atoms with Crippen molar-refractivity contribution in [3.8, 4) is 0 Å². The van der Waals surface area contributed by atoms with Crippen LogP contribution in [0.2, 0.25) is 0 Å². The monoisotopic (exact) mass is 401 g/mol. The number of carbonyl (C=O) groups excluding carboxylic acids is 1. The lowest BCUT2D eigenvalue weighted by Gasteiger charge is -2.27. The molecule has 132 valence electrons. The molecule has 25 heavy (non-hydrogen) atoms. The molecule has 1 atom stereocenters. The van der Waals surface area contributed by atoms with Crippen LogP contribution < -0.4 is 10.6 Å². The van der Waals surface area contributed by atoms with Crippen molar-refractivity contribution in [1.29, 1.82) is 0 Å². The van der Waals surface area contributed by atoms with Gasteiger partial charge in [-0.1, -0.05) is 58.6 Å². The second kappa shape index (κ2) is 7.91. The minimum atomic E-state index is -1.88. The number of nitrogens with zero attached hydrogens (tertiary/aromatic N) is 1. The second-order valence-corrected chi connectivity index (χ2v) is 7.64. The number of nitrogens with one attached hydrogen (secondary N) is 2. The van der Waals surface area contributed by atoms with Crippen LogP contribution in [0, 0.1) is 17.0 Å². The van der Waals surface area contributed by atoms with Crippen LogP contribution in [-0.2, 0) is 0 Å². The van der Waals surface area contributed by atoms with E-state index in [-0.39, 0.29) is 5.69 Å². The topological polar surface area (TPSA) is 84.3 Å². The lowest BCUT2D eigenvalue weighted by atomic mass is 10.1. The molecule has 9 heteroatoms. The maximum atomic E-state index is 12.4. The molecule has 0 fully saturated rings. The molecule has 0 aliphatic carbocycles. The van der Waals surface area contributed by atoms with Crippen molar-refractivity contribution in [2.45, 2.75) is 16.9 Å². The van der Waals surface area contributed by atoms with Crippen LogP contribution in [0.3, 0.4) is 0 Å². The normalized spacial score (nSPS) is 12.3. The first-order chi connectivity index (χ1) is 11.7. The Balaban J connectivity index is 2.21. The van der Waals surface area contributed by atoms with E-state index in [0.29, 0.717) is 11.3 Å². The number of alkyl halides is 3. The maximum Gasteiger partial charge on any atom is 0.271 e. The summed E-state index contributed by atoms with van der Waals surface area (Å²) in [5.74, 6) is -0.446. The minimum absolute atomic E-state index is 0.127. The van der Waals surface area contributed by atoms with Gasteiger partial charge < -0.3 is 10.6 Å². The van der Waals surface area contributed by atoms with Crippen LogP contribution in [0.4, 0.5) is 11.4 Å². The molecule has 0 aliphatic heterocycles. The predicted molar refractivity (Wildman–Crippen MR) is 99.4 cm³/mol. The van der Waals surface area contributed by atoms with Gasteiger partial charge in [0.05, 0.1) is 4.92 Å². The molecule has 2 aromatic carbocycles. The van der Waals surface area contributed by atoms with Crippen LogP contribution in [0.25, 0.3) is 0 Å². The van der Waals surface area contributed by atoms with Gasteiger partial charge in [0.15, 0.2) is 0 Å². The zero-order chi connectivity index (χ0) is 18.6. The number of halogens is 3. The smallest absolute Gasteiger partial charge is 0.271 e. The molecule has 0 aromatic heterocycles. The molecular weight excluding hydrogens is 389 g/mol. The fraction of sp³-hybridized carbons (Fsp3) is 0.188. The van der Waals surface area contributed by atoms with Crippen LogP contribution in [-0.4, -0.2) is 20.8 Å². The average molecular weight is 403 g/mol. The van der Waals surface area contributed by atoms with E-state index in [2.05, 4.69) is 10.6 Å². The molecule has 0 radical (unpaired) electrons. The molecule has 6 nitrogen and oxygen atoms in total. The van der Waals surface area contributed by atoms with Gasteiger partial charge in [0, 0.05) is 23.4 Å². The van der Waals surface area contributed by atoms with Crippen molar-refractivity contribution in [3.63, 3.8) is 0 Å². The van der Waals surface area contributed by atoms with Crippen molar-refractivity contribution < 1.29 is 9.72 Å². The Kier molecular flexibility index (Phi) is 6.11. The minimum Gasteiger partial charge on any atom is -0.362 e. The second-order valence-electron chi connectivity index (χ2n) is 5.27. The highest BCUT2D eigenvalue weighted by Crippen LogP contribution is 2.32. The molecule has 0 spiro atoms. The Morgan fingerprint density at radius 1 is 1.16 bits per heavy atom. The number of nitro benzene ring substituents is 1. The molecule has 0 saturated heterocycles. The van der Waals surface area contributed by atoms with Crippen molar-refractivity contribution >= 4 is 52.1 Å². The molecule has 0 saturated carbocycles. The summed E-state index contributed by atoms with van der Waals surface area (Å²) in [4.78, 5) is 22.7. The maximum absolute atomic E-state index is 12.4. The highest BCUT2D eigenvalue weighted by atomic mass is 35.6. The Morgan fingerprint density at radius 3 is 2.44 bits per heavy atom. The fourth-order valence-electron chi connectivity index (χ4n) is 2.08. The van der Waals surface area contributed by atoms with Gasteiger partial charge in [-0.25, -0.2) is 0 Å². The van der Waals surface area contributed by atoms with Crippen molar-refractivity contribution in [2.75, 3.05) is 5.32 Å². The van der Waals surface area contributed by atoms with E-state index in [9.17, 15) is 14.9 Å². The van der Waals surface area contributed by atoms with Gasteiger partial charge in [-0.05, 0) is 25.1 Å². The first-order valence-electron chi connectivity index (χ1n) is 7.12. The van der Waals surface area contributed by atoms with Crippen LogP contribution in [0.1, 0.15) is 15.9 Å². The quantitative estimate of drug-likeness (QED) is 0.335. The zero-order valence-corrected chi connectivity index (χ0v) is 15.3. The number of hydrogen-bond acceptors (Lipinski definition) is 4. The Hall–Kier alpha value is -2.02. The molecule has 2 rings (SSSR count). The number of benzene rings is 2. The fourth-order valence-corrected chi connectivity index (χ4v) is 2.40. The lowest BCUT2D eigenvalue weighted by Crippen LogP contribution is -2.49. The molecule has 0 aliphatic rings. The molecule has 0 heterocycles. The number of anilines is 1. The number of rotatable bonds is 5. The van der Waals surface area contributed by atoms with Crippen LogP contribution >= 0.6 is 34.8 Å². The van der Waals surface area contributed by atoms with E-state index in [1.165, 1.54) is 18.2 Å². The molecule has 0 bridgehead atoms. The summed E-state index contributed by atoms with van der Waals surface area (Å²) in [7, 11) is 0. The molecule has 1 amide bonds. The summed E-state index contributed by atoms with van der Waals surface area (Å²) in [5.41, 5.74) is 1.51. The van der Waals surface area contributed by atoms with Gasteiger partial charge >= 0.3 is 0 Å². The average Bonchev–Trinajstić information content (AvgIpc) is 2.53. The highest BCUT2D eigenvalue weighted by Gasteiger charge is 2.34. The highest BCUT2D eigenvalue weighted by molar-refractivity contribution is 6.68. The number of nitro groups is 1. The van der Waals surface area contributed by atoms with E-state index in [0.717, 1.165) is 5.56 Å². The van der Waals surface area contributed by atoms with E-state index < -0.39 is 20.8 Å². The molecule has 2 aromatic rings. The van der Waals surface area contributed by atoms with Gasteiger partial charge in [0.25, 0.3) is 11.6 Å². The Bertz CT molecular complexity index is 793. The van der Waals surface area contributed by atoms with Crippen LogP contribution in [0.15, 0.2) is 48.5 Å². The standard InChI is InChI=1S/C16H14Cl3N3O3/c1-10-4-2-5-11(8-10)14(23)21-15(16(17,18)19)20-12-6-3-7-13(9-12)22(24)25/h2-9,15,20H,1H3,(H,21,23). The van der Waals surface area contributed by atoms with Crippen LogP contribution in [0.5, 0.6) is 0 Å². The predicted octanol–water partition coefficient (Wildman–Crippen LogP) is 4.44. The van der Waals surface area contributed by atoms with Gasteiger partial charge in [0.1, 0.15) is 6.17 Å². The third-order valence-corrected chi connectivity index (χ3v) is 3.91. The third kappa shape index (κ3) is 5.49. The van der Waals surface area contributed by atoms with Gasteiger partial charge in [-0.2, -0.15) is 0 Å². The van der Waals surface area contributed by atoms with E-state index in [1.54, 1.807) is 24.3 Å². The van der Waals surface area contributed by atoms with E-state index in [4.69, 9.17) is 34.8 Å². The van der Waals surface area contributed by atoms with Crippen molar-refractivity contribution in [3.05, 3.63) is 69.8 Å². The molecular formula is C16H14Cl3N3O3. The summed E-state index contributed by atoms with van der Waals surface area (Å²) >= 11 is 17.8. The third-order valence-electron chi connectivity index (χ3n) is 3.25. The molecule has 2 N–H and O–H groups in total. The van der Waals surface area contributed by atoms with E-state index in [1.807, 2.05) is 13.0 Å². The molecule has 1 unspecified atom stereocenters. The summed E-state index contributed by atoms with van der Waals surface area (Å²) < 4.78 is -1.88. The Labute approximate surface area is 159 Å². The van der Waals surface area contributed by atoms with Crippen molar-refractivity contribution in [1.82, 2.24) is 5.32 Å². The summed E-state index contributed by atoms with van der Waals surface area (Å²) in [5, 5.41) is 16.2. The van der Waals surface area contributed by atoms with Gasteiger partial charge in [0.2, 0.25) is 3.79 Å². The van der Waals surface area contributed by atoms with Crippen molar-refractivity contribution in [2.24, 2.45) is 0 Å². The SMILES string of the molecule is Cc1cccc(C(=O)NC(Nc2cccc([N+](=O)[O-])c2)C(Cl)(Cl)Cl)c1. The summed E-state index contributed by atoms with van der Waals surface area (Å²) in [6.07, 6.45) is -1.10. The number of hydrogen-bond donors (Lipinski definition) is 2. The summed E-state index contributed by atoms with van der Waals surface area (Å²) in [6, 6.07) is 12.6. The first-order valence-corrected chi connectivity index (χ1v) is 8.25. The largest absolute Gasteiger partial charge is 0.362 e. The van der Waals surface area contributed by atoms with Gasteiger partial charge in [-0.3, -0.25) is 14.9 Å². The number of carbonyl (C=O) groups is 1. The Morgan fingerprint density at radius 2 is 1.84 bits per heavy atom. The lowest BCUT2D eigenvalue weighted by molar-refractivity contribution is -0.384.